The minimum Gasteiger partial charge on any atom is -0.392 e. The second kappa shape index (κ2) is 6.02. The van der Waals surface area contributed by atoms with Crippen molar-refractivity contribution in [2.24, 2.45) is 5.92 Å². The fourth-order valence-electron chi connectivity index (χ4n) is 3.65. The topological polar surface area (TPSA) is 70.5 Å². The first kappa shape index (κ1) is 14.9. The van der Waals surface area contributed by atoms with Crippen LogP contribution in [0, 0.1) is 5.92 Å². The Morgan fingerprint density at radius 3 is 2.67 bits per heavy atom. The normalized spacial score (nSPS) is 27.3. The maximum absolute atomic E-state index is 12.8. The van der Waals surface area contributed by atoms with Crippen LogP contribution in [0.4, 0.5) is 0 Å². The van der Waals surface area contributed by atoms with Crippen molar-refractivity contribution >= 4 is 10.0 Å². The van der Waals surface area contributed by atoms with Gasteiger partial charge in [-0.3, -0.25) is 0 Å². The van der Waals surface area contributed by atoms with Crippen molar-refractivity contribution in [3.05, 3.63) is 23.9 Å². The summed E-state index contributed by atoms with van der Waals surface area (Å²) in [5.41, 5.74) is 0.628. The van der Waals surface area contributed by atoms with Gasteiger partial charge in [0.1, 0.15) is 0 Å². The molecule has 1 aromatic rings. The number of hydrogen-bond donors (Lipinski definition) is 1. The molecule has 2 fully saturated rings. The summed E-state index contributed by atoms with van der Waals surface area (Å²) in [5, 5.41) is 9.14. The molecule has 1 aliphatic heterocycles. The van der Waals surface area contributed by atoms with Crippen LogP contribution in [0.25, 0.3) is 0 Å². The summed E-state index contributed by atoms with van der Waals surface area (Å²) >= 11 is 0. The molecular formula is C15H22N2O3S. The van der Waals surface area contributed by atoms with E-state index in [0.717, 1.165) is 32.1 Å². The molecule has 0 radical (unpaired) electrons. The fourth-order valence-corrected chi connectivity index (χ4v) is 5.32. The number of nitrogens with zero attached hydrogens (tertiary/aromatic N) is 2. The molecule has 1 saturated heterocycles. The van der Waals surface area contributed by atoms with Crippen LogP contribution in [0.2, 0.25) is 0 Å². The largest absolute Gasteiger partial charge is 0.392 e. The van der Waals surface area contributed by atoms with Gasteiger partial charge in [0.2, 0.25) is 0 Å². The van der Waals surface area contributed by atoms with Gasteiger partial charge in [-0.1, -0.05) is 18.9 Å². The lowest BCUT2D eigenvalue weighted by atomic mass is 9.79. The van der Waals surface area contributed by atoms with Crippen LogP contribution in [-0.2, 0) is 16.6 Å². The smallest absolute Gasteiger partial charge is 0.260 e. The highest BCUT2D eigenvalue weighted by Gasteiger charge is 2.40. The number of sulfonamides is 1. The number of fused-ring (bicyclic) bond motifs is 1. The molecule has 2 aliphatic rings. The van der Waals surface area contributed by atoms with Crippen molar-refractivity contribution in [3.63, 3.8) is 0 Å². The standard InChI is InChI=1S/C15H22N2O3S/c18-11-12-7-8-15(16-10-12)21(19,20)17-9-3-5-13-4-1-2-6-14(13)17/h7-8,10,13-14,18H,1-6,9,11H2/t13-,14-/m1/s1. The van der Waals surface area contributed by atoms with Crippen molar-refractivity contribution in [2.45, 2.75) is 56.2 Å². The quantitative estimate of drug-likeness (QED) is 0.926. The third-order valence-electron chi connectivity index (χ3n) is 4.75. The highest BCUT2D eigenvalue weighted by atomic mass is 32.2. The van der Waals surface area contributed by atoms with E-state index in [9.17, 15) is 8.42 Å². The number of aliphatic hydroxyl groups is 1. The van der Waals surface area contributed by atoms with Crippen LogP contribution in [0.5, 0.6) is 0 Å². The monoisotopic (exact) mass is 310 g/mol. The number of pyridine rings is 1. The van der Waals surface area contributed by atoms with Crippen LogP contribution in [0.15, 0.2) is 23.4 Å². The van der Waals surface area contributed by atoms with E-state index in [-0.39, 0.29) is 17.7 Å². The summed E-state index contributed by atoms with van der Waals surface area (Å²) in [6.45, 7) is 0.481. The Kier molecular flexibility index (Phi) is 4.28. The molecule has 2 heterocycles. The highest BCUT2D eigenvalue weighted by Crippen LogP contribution is 2.37. The zero-order valence-electron chi connectivity index (χ0n) is 12.1. The Morgan fingerprint density at radius 2 is 1.95 bits per heavy atom. The van der Waals surface area contributed by atoms with E-state index in [0.29, 0.717) is 18.0 Å². The van der Waals surface area contributed by atoms with Gasteiger partial charge in [-0.25, -0.2) is 13.4 Å². The van der Waals surface area contributed by atoms with E-state index >= 15 is 0 Å². The first-order valence-electron chi connectivity index (χ1n) is 7.70. The first-order chi connectivity index (χ1) is 10.1. The van der Waals surface area contributed by atoms with Crippen LogP contribution < -0.4 is 0 Å². The van der Waals surface area contributed by atoms with E-state index in [4.69, 9.17) is 5.11 Å². The first-order valence-corrected chi connectivity index (χ1v) is 9.14. The van der Waals surface area contributed by atoms with Crippen LogP contribution in [-0.4, -0.2) is 35.4 Å². The number of aliphatic hydroxyl groups excluding tert-OH is 1. The van der Waals surface area contributed by atoms with Crippen LogP contribution in [0.3, 0.4) is 0 Å². The van der Waals surface area contributed by atoms with Crippen molar-refractivity contribution in [1.82, 2.24) is 9.29 Å². The van der Waals surface area contributed by atoms with E-state index in [1.807, 2.05) is 0 Å². The predicted octanol–water partition coefficient (Wildman–Crippen LogP) is 1.92. The van der Waals surface area contributed by atoms with Gasteiger partial charge in [0.05, 0.1) is 6.61 Å². The van der Waals surface area contributed by atoms with Gasteiger partial charge in [-0.05, 0) is 43.2 Å². The molecule has 5 nitrogen and oxygen atoms in total. The van der Waals surface area contributed by atoms with Crippen molar-refractivity contribution in [2.75, 3.05) is 6.54 Å². The second-order valence-electron chi connectivity index (χ2n) is 6.03. The summed E-state index contributed by atoms with van der Waals surface area (Å²) in [7, 11) is -3.52. The molecule has 1 aromatic heterocycles. The maximum Gasteiger partial charge on any atom is 0.260 e. The van der Waals surface area contributed by atoms with Crippen molar-refractivity contribution in [3.8, 4) is 0 Å². The summed E-state index contributed by atoms with van der Waals surface area (Å²) < 4.78 is 27.4. The summed E-state index contributed by atoms with van der Waals surface area (Å²) in [4.78, 5) is 4.04. The molecule has 1 aliphatic carbocycles. The van der Waals surface area contributed by atoms with Gasteiger partial charge in [-0.2, -0.15) is 4.31 Å². The summed E-state index contributed by atoms with van der Waals surface area (Å²) in [6.07, 6.45) is 7.98. The minimum atomic E-state index is -3.52. The molecule has 6 heteroatoms. The van der Waals surface area contributed by atoms with Gasteiger partial charge in [0, 0.05) is 18.8 Å². The Hall–Kier alpha value is -0.980. The lowest BCUT2D eigenvalue weighted by Gasteiger charge is -2.42. The molecule has 21 heavy (non-hydrogen) atoms. The molecule has 0 aromatic carbocycles. The maximum atomic E-state index is 12.8. The third-order valence-corrected chi connectivity index (χ3v) is 6.59. The number of rotatable bonds is 3. The molecule has 0 spiro atoms. The molecule has 3 rings (SSSR count). The Balaban J connectivity index is 1.88. The fraction of sp³-hybridized carbons (Fsp3) is 0.667. The van der Waals surface area contributed by atoms with E-state index in [1.54, 1.807) is 10.4 Å². The van der Waals surface area contributed by atoms with Gasteiger partial charge in [0.25, 0.3) is 10.0 Å². The Labute approximate surface area is 126 Å². The van der Waals surface area contributed by atoms with Crippen LogP contribution >= 0.6 is 0 Å². The Morgan fingerprint density at radius 1 is 1.19 bits per heavy atom. The number of piperidine rings is 1. The van der Waals surface area contributed by atoms with E-state index < -0.39 is 10.0 Å². The van der Waals surface area contributed by atoms with Gasteiger partial charge in [0.15, 0.2) is 5.03 Å². The third kappa shape index (κ3) is 2.84. The number of aromatic nitrogens is 1. The zero-order chi connectivity index (χ0) is 14.9. The molecular weight excluding hydrogens is 288 g/mol. The van der Waals surface area contributed by atoms with Crippen LogP contribution in [0.1, 0.15) is 44.1 Å². The van der Waals surface area contributed by atoms with E-state index in [2.05, 4.69) is 4.98 Å². The average molecular weight is 310 g/mol. The van der Waals surface area contributed by atoms with Crippen molar-refractivity contribution in [1.29, 1.82) is 0 Å². The van der Waals surface area contributed by atoms with Gasteiger partial charge in [-0.15, -0.1) is 0 Å². The summed E-state index contributed by atoms with van der Waals surface area (Å²) in [6, 6.07) is 3.28. The molecule has 116 valence electrons. The lowest BCUT2D eigenvalue weighted by Crippen LogP contribution is -2.49. The average Bonchev–Trinajstić information content (AvgIpc) is 2.54. The molecule has 0 bridgehead atoms. The van der Waals surface area contributed by atoms with Crippen molar-refractivity contribution < 1.29 is 13.5 Å². The molecule has 2 atom stereocenters. The molecule has 1 N–H and O–H groups in total. The summed E-state index contributed by atoms with van der Waals surface area (Å²) in [5.74, 6) is 0.513. The second-order valence-corrected chi connectivity index (χ2v) is 7.87. The van der Waals surface area contributed by atoms with E-state index in [1.165, 1.54) is 18.7 Å². The number of hydrogen-bond acceptors (Lipinski definition) is 4. The predicted molar refractivity (Wildman–Crippen MR) is 79.0 cm³/mol. The molecule has 0 amide bonds. The SMILES string of the molecule is O=S(=O)(c1ccc(CO)cn1)N1CCC[C@H]2CCCC[C@H]21. The minimum absolute atomic E-state index is 0.103. The molecule has 1 saturated carbocycles. The highest BCUT2D eigenvalue weighted by molar-refractivity contribution is 7.89. The Bertz CT molecular complexity index is 583. The van der Waals surface area contributed by atoms with Gasteiger partial charge < -0.3 is 5.11 Å². The zero-order valence-corrected chi connectivity index (χ0v) is 12.9. The molecule has 0 unspecified atom stereocenters. The lowest BCUT2D eigenvalue weighted by molar-refractivity contribution is 0.129. The van der Waals surface area contributed by atoms with Gasteiger partial charge >= 0.3 is 0 Å².